The predicted octanol–water partition coefficient (Wildman–Crippen LogP) is 3.45. The van der Waals surface area contributed by atoms with Crippen LogP contribution in [0.15, 0.2) is 12.7 Å². The van der Waals surface area contributed by atoms with Crippen molar-refractivity contribution in [1.29, 1.82) is 5.26 Å². The highest BCUT2D eigenvalue weighted by Gasteiger charge is 2.33. The summed E-state index contributed by atoms with van der Waals surface area (Å²) < 4.78 is -0.0979. The van der Waals surface area contributed by atoms with Gasteiger partial charge >= 0.3 is 0 Å². The summed E-state index contributed by atoms with van der Waals surface area (Å²) in [7, 11) is 0. The third kappa shape index (κ3) is 4.73. The van der Waals surface area contributed by atoms with Crippen molar-refractivity contribution < 1.29 is 0 Å². The van der Waals surface area contributed by atoms with E-state index >= 15 is 0 Å². The molecule has 0 saturated carbocycles. The highest BCUT2D eigenvalue weighted by molar-refractivity contribution is 8.00. The molecule has 2 nitrogen and oxygen atoms in total. The van der Waals surface area contributed by atoms with Crippen molar-refractivity contribution in [3.8, 4) is 6.07 Å². The zero-order valence-corrected chi connectivity index (χ0v) is 11.8. The number of nitriles is 1. The Labute approximate surface area is 110 Å². The molecule has 0 aromatic rings. The van der Waals surface area contributed by atoms with Gasteiger partial charge in [-0.1, -0.05) is 12.5 Å². The average molecular weight is 252 g/mol. The standard InChI is InChI=1S/C14H24N2S/c1-3-4-5-6-7-10-16-11-8-14(13-15,17-2)9-12-16/h3H,1,4-12H2,2H3. The molecule has 3 heteroatoms. The van der Waals surface area contributed by atoms with Crippen LogP contribution in [0.4, 0.5) is 0 Å². The molecule has 1 fully saturated rings. The van der Waals surface area contributed by atoms with Crippen LogP contribution >= 0.6 is 11.8 Å². The summed E-state index contributed by atoms with van der Waals surface area (Å²) in [5.74, 6) is 0. The molecule has 1 aliphatic heterocycles. The largest absolute Gasteiger partial charge is 0.303 e. The van der Waals surface area contributed by atoms with E-state index in [4.69, 9.17) is 0 Å². The molecule has 0 aromatic heterocycles. The van der Waals surface area contributed by atoms with Crippen LogP contribution in [-0.4, -0.2) is 35.5 Å². The summed E-state index contributed by atoms with van der Waals surface area (Å²) in [6, 6.07) is 2.50. The first kappa shape index (κ1) is 14.6. The van der Waals surface area contributed by atoms with Gasteiger partial charge in [-0.2, -0.15) is 5.26 Å². The van der Waals surface area contributed by atoms with E-state index in [0.717, 1.165) is 32.4 Å². The summed E-state index contributed by atoms with van der Waals surface area (Å²) in [5, 5.41) is 9.20. The molecule has 0 unspecified atom stereocenters. The number of hydrogen-bond acceptors (Lipinski definition) is 3. The Morgan fingerprint density at radius 2 is 2.06 bits per heavy atom. The minimum Gasteiger partial charge on any atom is -0.303 e. The van der Waals surface area contributed by atoms with E-state index in [1.807, 2.05) is 6.08 Å². The Kier molecular flexibility index (Phi) is 6.69. The Morgan fingerprint density at radius 1 is 1.35 bits per heavy atom. The second kappa shape index (κ2) is 7.79. The number of nitrogens with zero attached hydrogens (tertiary/aromatic N) is 2. The molecule has 1 rings (SSSR count). The van der Waals surface area contributed by atoms with E-state index in [9.17, 15) is 5.26 Å². The first-order valence-electron chi connectivity index (χ1n) is 6.56. The Morgan fingerprint density at radius 3 is 2.59 bits per heavy atom. The van der Waals surface area contributed by atoms with Crippen molar-refractivity contribution in [2.45, 2.75) is 43.3 Å². The molecule has 0 radical (unpaired) electrons. The van der Waals surface area contributed by atoms with E-state index < -0.39 is 0 Å². The fourth-order valence-electron chi connectivity index (χ4n) is 2.30. The molecule has 1 saturated heterocycles. The van der Waals surface area contributed by atoms with Crippen LogP contribution in [0, 0.1) is 11.3 Å². The minimum absolute atomic E-state index is 0.0979. The van der Waals surface area contributed by atoms with Gasteiger partial charge in [0.05, 0.1) is 6.07 Å². The number of allylic oxidation sites excluding steroid dienone is 1. The maximum absolute atomic E-state index is 9.20. The summed E-state index contributed by atoms with van der Waals surface area (Å²) in [6.45, 7) is 7.13. The van der Waals surface area contributed by atoms with Gasteiger partial charge in [0.1, 0.15) is 4.75 Å². The zero-order chi connectivity index (χ0) is 12.6. The second-order valence-corrected chi connectivity index (χ2v) is 5.98. The average Bonchev–Trinajstić information content (AvgIpc) is 2.39. The van der Waals surface area contributed by atoms with Gasteiger partial charge in [0.2, 0.25) is 0 Å². The van der Waals surface area contributed by atoms with Crippen LogP contribution in [0.5, 0.6) is 0 Å². The fourth-order valence-corrected chi connectivity index (χ4v) is 2.98. The number of likely N-dealkylation sites (tertiary alicyclic amines) is 1. The summed E-state index contributed by atoms with van der Waals surface area (Å²) >= 11 is 1.73. The van der Waals surface area contributed by atoms with Crippen LogP contribution in [0.1, 0.15) is 38.5 Å². The van der Waals surface area contributed by atoms with Gasteiger partial charge in [-0.05, 0) is 44.9 Å². The van der Waals surface area contributed by atoms with Crippen molar-refractivity contribution in [2.75, 3.05) is 25.9 Å². The first-order chi connectivity index (χ1) is 8.26. The van der Waals surface area contributed by atoms with E-state index in [1.54, 1.807) is 11.8 Å². The molecule has 0 atom stereocenters. The number of unbranched alkanes of at least 4 members (excludes halogenated alkanes) is 3. The number of rotatable bonds is 7. The number of thioether (sulfide) groups is 1. The molecular weight excluding hydrogens is 228 g/mol. The van der Waals surface area contributed by atoms with Gasteiger partial charge < -0.3 is 4.90 Å². The Balaban J connectivity index is 2.15. The maximum Gasteiger partial charge on any atom is 0.104 e. The summed E-state index contributed by atoms with van der Waals surface area (Å²) in [6.07, 6.45) is 11.1. The number of hydrogen-bond donors (Lipinski definition) is 0. The lowest BCUT2D eigenvalue weighted by Gasteiger charge is -2.36. The third-order valence-corrected chi connectivity index (χ3v) is 4.92. The van der Waals surface area contributed by atoms with Gasteiger partial charge in [0.15, 0.2) is 0 Å². The zero-order valence-electron chi connectivity index (χ0n) is 11.0. The van der Waals surface area contributed by atoms with E-state index in [-0.39, 0.29) is 4.75 Å². The van der Waals surface area contributed by atoms with E-state index in [1.165, 1.54) is 25.8 Å². The van der Waals surface area contributed by atoms with Crippen molar-refractivity contribution in [2.24, 2.45) is 0 Å². The fraction of sp³-hybridized carbons (Fsp3) is 0.786. The lowest BCUT2D eigenvalue weighted by molar-refractivity contribution is 0.213. The monoisotopic (exact) mass is 252 g/mol. The third-order valence-electron chi connectivity index (χ3n) is 3.64. The van der Waals surface area contributed by atoms with Gasteiger partial charge in [-0.15, -0.1) is 18.3 Å². The molecule has 1 aliphatic rings. The van der Waals surface area contributed by atoms with Gasteiger partial charge in [0, 0.05) is 13.1 Å². The van der Waals surface area contributed by atoms with Crippen LogP contribution in [-0.2, 0) is 0 Å². The minimum atomic E-state index is -0.0979. The first-order valence-corrected chi connectivity index (χ1v) is 7.78. The van der Waals surface area contributed by atoms with Crippen molar-refractivity contribution in [3.63, 3.8) is 0 Å². The van der Waals surface area contributed by atoms with Crippen molar-refractivity contribution in [3.05, 3.63) is 12.7 Å². The molecule has 0 spiro atoms. The van der Waals surface area contributed by atoms with Crippen LogP contribution in [0.3, 0.4) is 0 Å². The molecule has 0 bridgehead atoms. The molecule has 1 heterocycles. The number of piperidine rings is 1. The second-order valence-electron chi connectivity index (χ2n) is 4.79. The van der Waals surface area contributed by atoms with Gasteiger partial charge in [-0.25, -0.2) is 0 Å². The van der Waals surface area contributed by atoms with E-state index in [0.29, 0.717) is 0 Å². The maximum atomic E-state index is 9.20. The Bertz CT molecular complexity index is 262. The molecule has 0 amide bonds. The quantitative estimate of drug-likeness (QED) is 0.513. The van der Waals surface area contributed by atoms with Crippen LogP contribution in [0.25, 0.3) is 0 Å². The van der Waals surface area contributed by atoms with E-state index in [2.05, 4.69) is 23.8 Å². The Hall–Kier alpha value is -0.460. The molecular formula is C14H24N2S. The summed E-state index contributed by atoms with van der Waals surface area (Å²) in [4.78, 5) is 2.51. The SMILES string of the molecule is C=CCCCCCN1CCC(C#N)(SC)CC1. The predicted molar refractivity (Wildman–Crippen MR) is 76.2 cm³/mol. The lowest BCUT2D eigenvalue weighted by Crippen LogP contribution is -2.41. The molecule has 0 N–H and O–H groups in total. The molecule has 96 valence electrons. The molecule has 0 aliphatic carbocycles. The molecule has 0 aromatic carbocycles. The normalized spacial score (nSPS) is 19.8. The smallest absolute Gasteiger partial charge is 0.104 e. The van der Waals surface area contributed by atoms with Gasteiger partial charge in [-0.3, -0.25) is 0 Å². The highest BCUT2D eigenvalue weighted by atomic mass is 32.2. The van der Waals surface area contributed by atoms with Crippen molar-refractivity contribution >= 4 is 11.8 Å². The lowest BCUT2D eigenvalue weighted by atomic mass is 9.97. The van der Waals surface area contributed by atoms with Crippen LogP contribution < -0.4 is 0 Å². The van der Waals surface area contributed by atoms with Gasteiger partial charge in [0.25, 0.3) is 0 Å². The molecule has 17 heavy (non-hydrogen) atoms. The summed E-state index contributed by atoms with van der Waals surface area (Å²) in [5.41, 5.74) is 0. The topological polar surface area (TPSA) is 27.0 Å². The highest BCUT2D eigenvalue weighted by Crippen LogP contribution is 2.33. The van der Waals surface area contributed by atoms with Crippen LogP contribution in [0.2, 0.25) is 0 Å². The van der Waals surface area contributed by atoms with Crippen molar-refractivity contribution in [1.82, 2.24) is 4.90 Å².